The average molecular weight is 381 g/mol. The second-order valence-electron chi connectivity index (χ2n) is 6.74. The van der Waals surface area contributed by atoms with Crippen molar-refractivity contribution in [3.05, 3.63) is 66.2 Å². The van der Waals surface area contributed by atoms with E-state index >= 15 is 0 Å². The molecule has 0 atom stereocenters. The fraction of sp³-hybridized carbons (Fsp3) is 0.364. The zero-order valence-electron chi connectivity index (χ0n) is 16.3. The van der Waals surface area contributed by atoms with Gasteiger partial charge in [0.1, 0.15) is 0 Å². The lowest BCUT2D eigenvalue weighted by Gasteiger charge is -2.35. The monoisotopic (exact) mass is 381 g/mol. The van der Waals surface area contributed by atoms with E-state index in [1.165, 1.54) is 0 Å². The molecule has 0 aromatic heterocycles. The van der Waals surface area contributed by atoms with Crippen LogP contribution in [-0.2, 0) is 16.1 Å². The summed E-state index contributed by atoms with van der Waals surface area (Å²) in [5.41, 5.74) is 2.18. The Morgan fingerprint density at radius 3 is 2.07 bits per heavy atom. The van der Waals surface area contributed by atoms with Gasteiger partial charge in [0.15, 0.2) is 0 Å². The molecule has 0 spiro atoms. The number of anilines is 1. The van der Waals surface area contributed by atoms with Crippen LogP contribution in [0.15, 0.2) is 60.7 Å². The fourth-order valence-electron chi connectivity index (χ4n) is 3.30. The Hall–Kier alpha value is -3.02. The van der Waals surface area contributed by atoms with E-state index in [0.29, 0.717) is 45.9 Å². The smallest absolute Gasteiger partial charge is 0.409 e. The van der Waals surface area contributed by atoms with Crippen LogP contribution in [0.25, 0.3) is 0 Å². The Kier molecular flexibility index (Phi) is 6.89. The maximum absolute atomic E-state index is 12.9. The zero-order valence-corrected chi connectivity index (χ0v) is 16.3. The summed E-state index contributed by atoms with van der Waals surface area (Å²) in [6, 6.07) is 20.1. The Morgan fingerprint density at radius 2 is 1.46 bits per heavy atom. The maximum Gasteiger partial charge on any atom is 0.409 e. The molecule has 2 amide bonds. The molecule has 0 radical (unpaired) electrons. The van der Waals surface area contributed by atoms with Gasteiger partial charge < -0.3 is 19.4 Å². The van der Waals surface area contributed by atoms with Crippen LogP contribution in [-0.4, -0.2) is 61.1 Å². The highest BCUT2D eigenvalue weighted by molar-refractivity contribution is 5.82. The highest BCUT2D eigenvalue weighted by atomic mass is 16.6. The highest BCUT2D eigenvalue weighted by Gasteiger charge is 2.26. The van der Waals surface area contributed by atoms with E-state index in [4.69, 9.17) is 4.74 Å². The minimum atomic E-state index is -0.301. The second-order valence-corrected chi connectivity index (χ2v) is 6.74. The van der Waals surface area contributed by atoms with Crippen molar-refractivity contribution in [2.24, 2.45) is 0 Å². The highest BCUT2D eigenvalue weighted by Crippen LogP contribution is 2.17. The molecule has 1 aliphatic rings. The molecular weight excluding hydrogens is 354 g/mol. The van der Waals surface area contributed by atoms with Gasteiger partial charge in [-0.2, -0.15) is 0 Å². The van der Waals surface area contributed by atoms with Crippen molar-refractivity contribution in [1.82, 2.24) is 9.80 Å². The number of para-hydroxylation sites is 1. The summed E-state index contributed by atoms with van der Waals surface area (Å²) in [6.07, 6.45) is -0.301. The number of ether oxygens (including phenoxy) is 1. The topological polar surface area (TPSA) is 53.1 Å². The van der Waals surface area contributed by atoms with E-state index in [9.17, 15) is 9.59 Å². The molecule has 0 N–H and O–H groups in total. The third-order valence-electron chi connectivity index (χ3n) is 4.82. The van der Waals surface area contributed by atoms with Crippen molar-refractivity contribution in [3.8, 4) is 0 Å². The van der Waals surface area contributed by atoms with Gasteiger partial charge in [0, 0.05) is 38.4 Å². The second kappa shape index (κ2) is 9.78. The molecule has 0 unspecified atom stereocenters. The number of hydrogen-bond donors (Lipinski definition) is 0. The molecule has 6 heteroatoms. The third-order valence-corrected chi connectivity index (χ3v) is 4.82. The molecule has 1 heterocycles. The van der Waals surface area contributed by atoms with Crippen LogP contribution in [0, 0.1) is 0 Å². The molecule has 6 nitrogen and oxygen atoms in total. The first-order chi connectivity index (χ1) is 13.7. The predicted molar refractivity (Wildman–Crippen MR) is 109 cm³/mol. The Bertz CT molecular complexity index is 759. The minimum Gasteiger partial charge on any atom is -0.450 e. The van der Waals surface area contributed by atoms with Crippen molar-refractivity contribution in [3.63, 3.8) is 0 Å². The lowest BCUT2D eigenvalue weighted by atomic mass is 10.2. The SMILES string of the molecule is CCOC(=O)N1CCN(C(=O)CN(Cc2ccccc2)c2ccccc2)CC1. The average Bonchev–Trinajstić information content (AvgIpc) is 2.75. The minimum absolute atomic E-state index is 0.0725. The van der Waals surface area contributed by atoms with Crippen molar-refractivity contribution in [1.29, 1.82) is 0 Å². The lowest BCUT2D eigenvalue weighted by Crippen LogP contribution is -2.52. The van der Waals surface area contributed by atoms with Crippen LogP contribution >= 0.6 is 0 Å². The number of benzene rings is 2. The standard InChI is InChI=1S/C22H27N3O3/c1-2-28-22(27)24-15-13-23(14-16-24)21(26)18-25(20-11-7-4-8-12-20)17-19-9-5-3-6-10-19/h3-12H,2,13-18H2,1H3. The molecule has 148 valence electrons. The first kappa shape index (κ1) is 19.7. The maximum atomic E-state index is 12.9. The summed E-state index contributed by atoms with van der Waals surface area (Å²) in [7, 11) is 0. The number of rotatable bonds is 6. The number of piperazine rings is 1. The molecule has 0 saturated carbocycles. The van der Waals surface area contributed by atoms with Crippen molar-refractivity contribution < 1.29 is 14.3 Å². The van der Waals surface area contributed by atoms with Gasteiger partial charge in [0.2, 0.25) is 5.91 Å². The third kappa shape index (κ3) is 5.25. The lowest BCUT2D eigenvalue weighted by molar-refractivity contribution is -0.131. The molecular formula is C22H27N3O3. The predicted octanol–water partition coefficient (Wildman–Crippen LogP) is 2.99. The molecule has 2 aromatic rings. The number of carbonyl (C=O) groups excluding carboxylic acids is 2. The van der Waals surface area contributed by atoms with Crippen molar-refractivity contribution >= 4 is 17.7 Å². The molecule has 3 rings (SSSR count). The van der Waals surface area contributed by atoms with Gasteiger partial charge in [-0.3, -0.25) is 4.79 Å². The van der Waals surface area contributed by atoms with Gasteiger partial charge in [-0.1, -0.05) is 48.5 Å². The van der Waals surface area contributed by atoms with Crippen LogP contribution in [0.3, 0.4) is 0 Å². The summed E-state index contributed by atoms with van der Waals surface area (Å²) < 4.78 is 5.04. The molecule has 2 aromatic carbocycles. The normalized spacial score (nSPS) is 13.9. The Balaban J connectivity index is 1.62. The van der Waals surface area contributed by atoms with Gasteiger partial charge in [0.05, 0.1) is 13.2 Å². The summed E-state index contributed by atoms with van der Waals surface area (Å²) in [6.45, 7) is 5.21. The van der Waals surface area contributed by atoms with Gasteiger partial charge in [-0.05, 0) is 24.6 Å². The van der Waals surface area contributed by atoms with Gasteiger partial charge in [-0.15, -0.1) is 0 Å². The number of carbonyl (C=O) groups is 2. The molecule has 0 aliphatic carbocycles. The van der Waals surface area contributed by atoms with Gasteiger partial charge >= 0.3 is 6.09 Å². The largest absolute Gasteiger partial charge is 0.450 e. The first-order valence-electron chi connectivity index (χ1n) is 9.70. The number of hydrogen-bond acceptors (Lipinski definition) is 4. The van der Waals surface area contributed by atoms with Crippen LogP contribution < -0.4 is 4.90 Å². The number of amides is 2. The van der Waals surface area contributed by atoms with E-state index in [1.807, 2.05) is 53.4 Å². The summed E-state index contributed by atoms with van der Waals surface area (Å²) in [5.74, 6) is 0.0725. The molecule has 0 bridgehead atoms. The molecule has 1 aliphatic heterocycles. The van der Waals surface area contributed by atoms with Gasteiger partial charge in [-0.25, -0.2) is 4.79 Å². The molecule has 28 heavy (non-hydrogen) atoms. The van der Waals surface area contributed by atoms with Crippen LogP contribution in [0.4, 0.5) is 10.5 Å². The Morgan fingerprint density at radius 1 is 0.893 bits per heavy atom. The Labute approximate surface area is 166 Å². The quantitative estimate of drug-likeness (QED) is 0.772. The van der Waals surface area contributed by atoms with E-state index in [0.717, 1.165) is 11.3 Å². The van der Waals surface area contributed by atoms with E-state index in [2.05, 4.69) is 17.0 Å². The van der Waals surface area contributed by atoms with Crippen LogP contribution in [0.2, 0.25) is 0 Å². The van der Waals surface area contributed by atoms with E-state index < -0.39 is 0 Å². The summed E-state index contributed by atoms with van der Waals surface area (Å²) in [5, 5.41) is 0. The molecule has 1 fully saturated rings. The van der Waals surface area contributed by atoms with E-state index in [-0.39, 0.29) is 12.0 Å². The van der Waals surface area contributed by atoms with Gasteiger partial charge in [0.25, 0.3) is 0 Å². The number of nitrogens with zero attached hydrogens (tertiary/aromatic N) is 3. The summed E-state index contributed by atoms with van der Waals surface area (Å²) in [4.78, 5) is 30.3. The van der Waals surface area contributed by atoms with Crippen LogP contribution in [0.5, 0.6) is 0 Å². The summed E-state index contributed by atoms with van der Waals surface area (Å²) >= 11 is 0. The van der Waals surface area contributed by atoms with Crippen molar-refractivity contribution in [2.45, 2.75) is 13.5 Å². The fourth-order valence-corrected chi connectivity index (χ4v) is 3.30. The first-order valence-corrected chi connectivity index (χ1v) is 9.70. The zero-order chi connectivity index (χ0) is 19.8. The van der Waals surface area contributed by atoms with Crippen LogP contribution in [0.1, 0.15) is 12.5 Å². The van der Waals surface area contributed by atoms with Crippen molar-refractivity contribution in [2.75, 3.05) is 44.2 Å². The molecule has 1 saturated heterocycles. The van der Waals surface area contributed by atoms with E-state index in [1.54, 1.807) is 11.8 Å².